The molecule has 5 nitrogen and oxygen atoms in total. The van der Waals surface area contributed by atoms with Crippen LogP contribution in [0.25, 0.3) is 27.6 Å². The molecule has 2 aromatic carbocycles. The molecule has 5 heteroatoms. The van der Waals surface area contributed by atoms with Gasteiger partial charge in [-0.2, -0.15) is 0 Å². The van der Waals surface area contributed by atoms with E-state index < -0.39 is 0 Å². The number of nitrogens with zero attached hydrogens (tertiary/aromatic N) is 4. The van der Waals surface area contributed by atoms with Crippen LogP contribution in [-0.4, -0.2) is 27.1 Å². The van der Waals surface area contributed by atoms with Crippen molar-refractivity contribution >= 4 is 21.9 Å². The summed E-state index contributed by atoms with van der Waals surface area (Å²) in [6, 6.07) is 15.8. The van der Waals surface area contributed by atoms with Gasteiger partial charge >= 0.3 is 0 Å². The molecule has 0 aliphatic rings. The predicted octanol–water partition coefficient (Wildman–Crippen LogP) is 3.29. The van der Waals surface area contributed by atoms with E-state index in [1.807, 2.05) is 60.1 Å². The number of hydrogen-bond acceptors (Lipinski definition) is 4. The highest BCUT2D eigenvalue weighted by Crippen LogP contribution is 2.29. The lowest BCUT2D eigenvalue weighted by molar-refractivity contribution is 0.419. The quantitative estimate of drug-likeness (QED) is 0.568. The summed E-state index contributed by atoms with van der Waals surface area (Å²) < 4.78 is 7.29. The molecule has 0 aliphatic heterocycles. The Morgan fingerprint density at radius 2 is 1.91 bits per heavy atom. The van der Waals surface area contributed by atoms with Gasteiger partial charge < -0.3 is 4.74 Å². The van der Waals surface area contributed by atoms with E-state index >= 15 is 0 Å². The van der Waals surface area contributed by atoms with E-state index in [0.29, 0.717) is 0 Å². The third-order valence-electron chi connectivity index (χ3n) is 3.71. The average Bonchev–Trinajstić information content (AvgIpc) is 2.97. The average molecular weight is 290 g/mol. The van der Waals surface area contributed by atoms with Gasteiger partial charge in [0.1, 0.15) is 16.8 Å². The van der Waals surface area contributed by atoms with Gasteiger partial charge in [-0.25, -0.2) is 9.67 Å². The smallest absolute Gasteiger partial charge is 0.145 e. The number of fused-ring (bicyclic) bond motifs is 2. The van der Waals surface area contributed by atoms with Crippen molar-refractivity contribution in [1.82, 2.24) is 20.0 Å². The normalized spacial score (nSPS) is 11.2. The number of benzene rings is 2. The molecular weight excluding hydrogens is 276 g/mol. The molecule has 0 bridgehead atoms. The molecule has 0 N–H and O–H groups in total. The molecule has 0 atom stereocenters. The van der Waals surface area contributed by atoms with Gasteiger partial charge in [0.2, 0.25) is 0 Å². The van der Waals surface area contributed by atoms with Crippen LogP contribution in [0.1, 0.15) is 5.69 Å². The summed E-state index contributed by atoms with van der Waals surface area (Å²) in [5, 5.41) is 9.53. The van der Waals surface area contributed by atoms with Crippen LogP contribution in [0.5, 0.6) is 5.75 Å². The zero-order valence-corrected chi connectivity index (χ0v) is 12.3. The van der Waals surface area contributed by atoms with Gasteiger partial charge in [-0.1, -0.05) is 29.5 Å². The molecule has 0 aliphatic carbocycles. The number of pyridine rings is 1. The van der Waals surface area contributed by atoms with Crippen molar-refractivity contribution < 1.29 is 4.74 Å². The van der Waals surface area contributed by atoms with E-state index in [0.717, 1.165) is 39.1 Å². The number of methoxy groups -OCH3 is 1. The number of para-hydroxylation sites is 2. The van der Waals surface area contributed by atoms with E-state index in [9.17, 15) is 0 Å². The highest BCUT2D eigenvalue weighted by atomic mass is 16.5. The number of rotatable bonds is 2. The summed E-state index contributed by atoms with van der Waals surface area (Å²) in [7, 11) is 1.66. The van der Waals surface area contributed by atoms with Gasteiger partial charge in [0.05, 0.1) is 18.3 Å². The summed E-state index contributed by atoms with van der Waals surface area (Å²) in [6.07, 6.45) is 0. The molecule has 0 saturated carbocycles. The molecule has 0 spiro atoms. The summed E-state index contributed by atoms with van der Waals surface area (Å²) in [4.78, 5) is 4.61. The molecule has 22 heavy (non-hydrogen) atoms. The summed E-state index contributed by atoms with van der Waals surface area (Å²) in [6.45, 7) is 1.97. The zero-order chi connectivity index (χ0) is 15.1. The maximum atomic E-state index is 5.43. The van der Waals surface area contributed by atoms with Crippen LogP contribution in [0.4, 0.5) is 0 Å². The Hall–Kier alpha value is -2.95. The number of aryl methyl sites for hydroxylation is 1. The van der Waals surface area contributed by atoms with Crippen molar-refractivity contribution in [3.05, 3.63) is 54.2 Å². The SMILES string of the molecule is COc1cccc2c(-n3nnc4ccccc43)cc(C)nc12. The molecular formula is C17H14N4O. The summed E-state index contributed by atoms with van der Waals surface area (Å²) in [5.74, 6) is 0.756. The van der Waals surface area contributed by atoms with Gasteiger partial charge in [0.25, 0.3) is 0 Å². The van der Waals surface area contributed by atoms with Crippen LogP contribution in [0, 0.1) is 6.92 Å². The topological polar surface area (TPSA) is 52.8 Å². The van der Waals surface area contributed by atoms with Crippen molar-refractivity contribution in [2.75, 3.05) is 7.11 Å². The lowest BCUT2D eigenvalue weighted by Crippen LogP contribution is -2.01. The first-order valence-corrected chi connectivity index (χ1v) is 7.03. The Labute approximate surface area is 127 Å². The Bertz CT molecular complexity index is 990. The maximum absolute atomic E-state index is 5.43. The fraction of sp³-hybridized carbons (Fsp3) is 0.118. The Balaban J connectivity index is 2.10. The molecule has 0 saturated heterocycles. The van der Waals surface area contributed by atoms with E-state index in [4.69, 9.17) is 4.74 Å². The van der Waals surface area contributed by atoms with E-state index in [1.165, 1.54) is 0 Å². The largest absolute Gasteiger partial charge is 0.494 e. The third kappa shape index (κ3) is 1.83. The molecule has 4 rings (SSSR count). The molecule has 0 fully saturated rings. The molecule has 4 aromatic rings. The fourth-order valence-corrected chi connectivity index (χ4v) is 2.72. The third-order valence-corrected chi connectivity index (χ3v) is 3.71. The summed E-state index contributed by atoms with van der Waals surface area (Å²) in [5.41, 5.74) is 4.53. The minimum absolute atomic E-state index is 0.756. The first-order valence-electron chi connectivity index (χ1n) is 7.03. The van der Waals surface area contributed by atoms with E-state index in [2.05, 4.69) is 15.3 Å². The van der Waals surface area contributed by atoms with Crippen LogP contribution in [0.15, 0.2) is 48.5 Å². The monoisotopic (exact) mass is 290 g/mol. The van der Waals surface area contributed by atoms with Gasteiger partial charge in [0, 0.05) is 11.1 Å². The standard InChI is InChI=1S/C17H14N4O/c1-11-10-15(12-6-5-9-16(22-2)17(12)18-11)21-14-8-4-3-7-13(14)19-20-21/h3-10H,1-2H3. The minimum atomic E-state index is 0.756. The van der Waals surface area contributed by atoms with Crippen molar-refractivity contribution in [1.29, 1.82) is 0 Å². The van der Waals surface area contributed by atoms with Crippen molar-refractivity contribution in [3.63, 3.8) is 0 Å². The lowest BCUT2D eigenvalue weighted by atomic mass is 10.1. The maximum Gasteiger partial charge on any atom is 0.145 e. The molecule has 108 valence electrons. The van der Waals surface area contributed by atoms with Crippen LogP contribution in [-0.2, 0) is 0 Å². The second-order valence-electron chi connectivity index (χ2n) is 5.13. The zero-order valence-electron chi connectivity index (χ0n) is 12.3. The van der Waals surface area contributed by atoms with Crippen molar-refractivity contribution in [3.8, 4) is 11.4 Å². The van der Waals surface area contributed by atoms with Crippen LogP contribution < -0.4 is 4.74 Å². The first-order chi connectivity index (χ1) is 10.8. The van der Waals surface area contributed by atoms with Crippen molar-refractivity contribution in [2.24, 2.45) is 0 Å². The number of aromatic nitrogens is 4. The Morgan fingerprint density at radius 1 is 1.05 bits per heavy atom. The Kier molecular flexibility index (Phi) is 2.79. The van der Waals surface area contributed by atoms with E-state index in [-0.39, 0.29) is 0 Å². The molecule has 0 unspecified atom stereocenters. The highest BCUT2D eigenvalue weighted by molar-refractivity contribution is 5.93. The fourth-order valence-electron chi connectivity index (χ4n) is 2.72. The van der Waals surface area contributed by atoms with Crippen LogP contribution in [0.2, 0.25) is 0 Å². The number of ether oxygens (including phenoxy) is 1. The second-order valence-corrected chi connectivity index (χ2v) is 5.13. The van der Waals surface area contributed by atoms with Gasteiger partial charge in [-0.05, 0) is 31.2 Å². The highest BCUT2D eigenvalue weighted by Gasteiger charge is 2.13. The number of hydrogen-bond donors (Lipinski definition) is 0. The van der Waals surface area contributed by atoms with Gasteiger partial charge in [-0.3, -0.25) is 0 Å². The molecule has 0 amide bonds. The molecule has 0 radical (unpaired) electrons. The van der Waals surface area contributed by atoms with Crippen LogP contribution >= 0.6 is 0 Å². The van der Waals surface area contributed by atoms with Crippen LogP contribution in [0.3, 0.4) is 0 Å². The molecule has 2 aromatic heterocycles. The van der Waals surface area contributed by atoms with Gasteiger partial charge in [0.15, 0.2) is 0 Å². The lowest BCUT2D eigenvalue weighted by Gasteiger charge is -2.10. The van der Waals surface area contributed by atoms with E-state index in [1.54, 1.807) is 7.11 Å². The second kappa shape index (κ2) is 4.80. The predicted molar refractivity (Wildman–Crippen MR) is 85.5 cm³/mol. The Morgan fingerprint density at radius 3 is 2.77 bits per heavy atom. The summed E-state index contributed by atoms with van der Waals surface area (Å²) >= 11 is 0. The van der Waals surface area contributed by atoms with Crippen molar-refractivity contribution in [2.45, 2.75) is 6.92 Å². The van der Waals surface area contributed by atoms with Gasteiger partial charge in [-0.15, -0.1) is 5.10 Å². The first kappa shape index (κ1) is 12.8. The minimum Gasteiger partial charge on any atom is -0.494 e. The molecule has 2 heterocycles.